The zero-order valence-electron chi connectivity index (χ0n) is 12.6. The van der Waals surface area contributed by atoms with Crippen molar-refractivity contribution >= 4 is 33.4 Å². The minimum Gasteiger partial charge on any atom is -0.486 e. The first kappa shape index (κ1) is 16.9. The summed E-state index contributed by atoms with van der Waals surface area (Å²) in [6.07, 6.45) is -0.236. The number of fused-ring (bicyclic) bond motifs is 1. The molecule has 1 aliphatic rings. The summed E-state index contributed by atoms with van der Waals surface area (Å²) < 4.78 is 17.6. The molecule has 2 aromatic rings. The molecule has 1 atom stereocenters. The van der Waals surface area contributed by atoms with Crippen LogP contribution in [0.15, 0.2) is 46.9 Å². The maximum Gasteiger partial charge on any atom is 0.258 e. The van der Waals surface area contributed by atoms with Crippen LogP contribution in [0.25, 0.3) is 0 Å². The van der Waals surface area contributed by atoms with Gasteiger partial charge in [-0.3, -0.25) is 4.79 Å². The van der Waals surface area contributed by atoms with Crippen molar-refractivity contribution in [3.63, 3.8) is 0 Å². The number of para-hydroxylation sites is 2. The fourth-order valence-electron chi connectivity index (χ4n) is 2.18. The van der Waals surface area contributed by atoms with Crippen molar-refractivity contribution in [1.29, 1.82) is 0 Å². The number of ether oxygens (including phenoxy) is 3. The second-order valence-electron chi connectivity index (χ2n) is 5.17. The summed E-state index contributed by atoms with van der Waals surface area (Å²) in [6.45, 7) is 0.604. The molecular formula is C17H15BrClNO4. The maximum atomic E-state index is 11.9. The van der Waals surface area contributed by atoms with Gasteiger partial charge in [-0.05, 0) is 30.3 Å². The number of halogens is 2. The quantitative estimate of drug-likeness (QED) is 0.817. The molecular weight excluding hydrogens is 398 g/mol. The third-order valence-electron chi connectivity index (χ3n) is 3.35. The Morgan fingerprint density at radius 2 is 2.08 bits per heavy atom. The van der Waals surface area contributed by atoms with Crippen LogP contribution < -0.4 is 19.5 Å². The van der Waals surface area contributed by atoms with Crippen molar-refractivity contribution in [2.24, 2.45) is 0 Å². The number of hydrogen-bond donors (Lipinski definition) is 1. The van der Waals surface area contributed by atoms with Crippen LogP contribution >= 0.6 is 27.5 Å². The minimum absolute atomic E-state index is 0.120. The Labute approximate surface area is 153 Å². The van der Waals surface area contributed by atoms with Crippen molar-refractivity contribution in [2.75, 3.05) is 19.8 Å². The van der Waals surface area contributed by atoms with Crippen LogP contribution in [0.1, 0.15) is 0 Å². The van der Waals surface area contributed by atoms with Gasteiger partial charge in [-0.15, -0.1) is 0 Å². The molecule has 1 aliphatic heterocycles. The maximum absolute atomic E-state index is 11.9. The third kappa shape index (κ3) is 4.33. The van der Waals surface area contributed by atoms with Crippen LogP contribution in [-0.2, 0) is 4.79 Å². The Morgan fingerprint density at radius 3 is 2.88 bits per heavy atom. The van der Waals surface area contributed by atoms with Gasteiger partial charge in [0.1, 0.15) is 18.5 Å². The van der Waals surface area contributed by atoms with Crippen molar-refractivity contribution in [2.45, 2.75) is 6.10 Å². The first-order valence-corrected chi connectivity index (χ1v) is 8.52. The molecule has 0 bridgehead atoms. The van der Waals surface area contributed by atoms with Gasteiger partial charge in [-0.25, -0.2) is 0 Å². The second-order valence-corrected chi connectivity index (χ2v) is 6.49. The van der Waals surface area contributed by atoms with E-state index in [0.29, 0.717) is 35.4 Å². The highest BCUT2D eigenvalue weighted by molar-refractivity contribution is 9.10. The van der Waals surface area contributed by atoms with Crippen molar-refractivity contribution in [3.8, 4) is 17.2 Å². The van der Waals surface area contributed by atoms with Gasteiger partial charge in [0, 0.05) is 4.47 Å². The Morgan fingerprint density at radius 1 is 1.29 bits per heavy atom. The van der Waals surface area contributed by atoms with Gasteiger partial charge in [0.05, 0.1) is 11.6 Å². The molecule has 0 aromatic heterocycles. The van der Waals surface area contributed by atoms with E-state index in [1.807, 2.05) is 24.3 Å². The Hall–Kier alpha value is -1.92. The van der Waals surface area contributed by atoms with Crippen LogP contribution in [0.5, 0.6) is 17.2 Å². The molecule has 1 heterocycles. The van der Waals surface area contributed by atoms with Gasteiger partial charge in [0.25, 0.3) is 5.91 Å². The Balaban J connectivity index is 1.45. The van der Waals surface area contributed by atoms with E-state index >= 15 is 0 Å². The van der Waals surface area contributed by atoms with Crippen LogP contribution in [-0.4, -0.2) is 31.8 Å². The lowest BCUT2D eigenvalue weighted by molar-refractivity contribution is -0.123. The predicted molar refractivity (Wildman–Crippen MR) is 94.0 cm³/mol. The molecule has 24 heavy (non-hydrogen) atoms. The molecule has 3 rings (SSSR count). The fourth-order valence-corrected chi connectivity index (χ4v) is 2.91. The SMILES string of the molecule is O=C(COc1ccc(Br)cc1Cl)NCC1COc2ccccc2O1. The first-order valence-electron chi connectivity index (χ1n) is 7.35. The van der Waals surface area contributed by atoms with Crippen molar-refractivity contribution in [3.05, 3.63) is 52.0 Å². The van der Waals surface area contributed by atoms with Crippen LogP contribution in [0, 0.1) is 0 Å². The summed E-state index contributed by atoms with van der Waals surface area (Å²) in [6, 6.07) is 12.6. The van der Waals surface area contributed by atoms with E-state index in [2.05, 4.69) is 21.2 Å². The van der Waals surface area contributed by atoms with Gasteiger partial charge in [-0.2, -0.15) is 0 Å². The molecule has 0 spiro atoms. The van der Waals surface area contributed by atoms with E-state index in [9.17, 15) is 4.79 Å². The zero-order chi connectivity index (χ0) is 16.9. The van der Waals surface area contributed by atoms with E-state index < -0.39 is 0 Å². The Kier molecular flexibility index (Phi) is 5.48. The fraction of sp³-hybridized carbons (Fsp3) is 0.235. The largest absolute Gasteiger partial charge is 0.486 e. The Bertz CT molecular complexity index is 740. The van der Waals surface area contributed by atoms with E-state index in [0.717, 1.165) is 4.47 Å². The standard InChI is InChI=1S/C17H15BrClNO4/c18-11-5-6-14(13(19)7-11)23-10-17(21)20-8-12-9-22-15-3-1-2-4-16(15)24-12/h1-7,12H,8-10H2,(H,20,21). The van der Waals surface area contributed by atoms with Gasteiger partial charge in [0.2, 0.25) is 0 Å². The van der Waals surface area contributed by atoms with Gasteiger partial charge in [-0.1, -0.05) is 39.7 Å². The summed E-state index contributed by atoms with van der Waals surface area (Å²) in [7, 11) is 0. The molecule has 7 heteroatoms. The average molecular weight is 413 g/mol. The molecule has 1 amide bonds. The molecule has 5 nitrogen and oxygen atoms in total. The number of nitrogens with one attached hydrogen (secondary N) is 1. The van der Waals surface area contributed by atoms with E-state index in [-0.39, 0.29) is 18.6 Å². The van der Waals surface area contributed by atoms with Crippen LogP contribution in [0.2, 0.25) is 5.02 Å². The van der Waals surface area contributed by atoms with Gasteiger partial charge >= 0.3 is 0 Å². The molecule has 1 N–H and O–H groups in total. The third-order valence-corrected chi connectivity index (χ3v) is 4.14. The van der Waals surface area contributed by atoms with E-state index in [4.69, 9.17) is 25.8 Å². The van der Waals surface area contributed by atoms with E-state index in [1.54, 1.807) is 18.2 Å². The molecule has 1 unspecified atom stereocenters. The number of hydrogen-bond acceptors (Lipinski definition) is 4. The summed E-state index contributed by atoms with van der Waals surface area (Å²) in [5, 5.41) is 3.21. The normalized spacial score (nSPS) is 15.7. The summed E-state index contributed by atoms with van der Waals surface area (Å²) in [5.41, 5.74) is 0. The topological polar surface area (TPSA) is 56.8 Å². The highest BCUT2D eigenvalue weighted by Gasteiger charge is 2.21. The summed E-state index contributed by atoms with van der Waals surface area (Å²) in [5.74, 6) is 1.60. The average Bonchev–Trinajstić information content (AvgIpc) is 2.59. The molecule has 0 radical (unpaired) electrons. The number of carbonyl (C=O) groups is 1. The minimum atomic E-state index is -0.253. The van der Waals surface area contributed by atoms with Crippen molar-refractivity contribution in [1.82, 2.24) is 5.32 Å². The molecule has 0 saturated carbocycles. The lowest BCUT2D eigenvalue weighted by Crippen LogP contribution is -2.42. The zero-order valence-corrected chi connectivity index (χ0v) is 15.0. The number of benzene rings is 2. The first-order chi connectivity index (χ1) is 11.6. The number of carbonyl (C=O) groups excluding carboxylic acids is 1. The van der Waals surface area contributed by atoms with Gasteiger partial charge in [0.15, 0.2) is 18.1 Å². The van der Waals surface area contributed by atoms with E-state index in [1.165, 1.54) is 0 Å². The lowest BCUT2D eigenvalue weighted by Gasteiger charge is -2.26. The predicted octanol–water partition coefficient (Wildman–Crippen LogP) is 3.44. The molecule has 2 aromatic carbocycles. The molecule has 0 fully saturated rings. The monoisotopic (exact) mass is 411 g/mol. The van der Waals surface area contributed by atoms with Crippen LogP contribution in [0.4, 0.5) is 0 Å². The number of amides is 1. The molecule has 0 saturated heterocycles. The van der Waals surface area contributed by atoms with Crippen LogP contribution in [0.3, 0.4) is 0 Å². The lowest BCUT2D eigenvalue weighted by atomic mass is 10.2. The summed E-state index contributed by atoms with van der Waals surface area (Å²) >= 11 is 9.35. The smallest absolute Gasteiger partial charge is 0.258 e. The van der Waals surface area contributed by atoms with Gasteiger partial charge < -0.3 is 19.5 Å². The van der Waals surface area contributed by atoms with Crippen molar-refractivity contribution < 1.29 is 19.0 Å². The molecule has 0 aliphatic carbocycles. The highest BCUT2D eigenvalue weighted by Crippen LogP contribution is 2.30. The summed E-state index contributed by atoms with van der Waals surface area (Å²) in [4.78, 5) is 11.9. The second kappa shape index (κ2) is 7.77. The number of rotatable bonds is 5. The molecule has 126 valence electrons. The highest BCUT2D eigenvalue weighted by atomic mass is 79.9.